The molecule has 1 unspecified atom stereocenters. The highest BCUT2D eigenvalue weighted by molar-refractivity contribution is 9.10. The van der Waals surface area contributed by atoms with E-state index < -0.39 is 12.0 Å². The Kier molecular flexibility index (Phi) is 5.50. The number of anilines is 1. The highest BCUT2D eigenvalue weighted by atomic mass is 79.9. The molecule has 0 amide bonds. The van der Waals surface area contributed by atoms with Crippen LogP contribution in [0.25, 0.3) is 11.3 Å². The summed E-state index contributed by atoms with van der Waals surface area (Å²) in [5.41, 5.74) is 4.02. The molecule has 0 aliphatic rings. The van der Waals surface area contributed by atoms with Gasteiger partial charge in [0.15, 0.2) is 5.13 Å². The lowest BCUT2D eigenvalue weighted by molar-refractivity contribution is -0.137. The van der Waals surface area contributed by atoms with Gasteiger partial charge in [0, 0.05) is 21.8 Å². The quantitative estimate of drug-likeness (QED) is 0.593. The first-order chi connectivity index (χ1) is 12.0. The first-order valence-corrected chi connectivity index (χ1v) is 9.45. The molecule has 1 heterocycles. The molecule has 25 heavy (non-hydrogen) atoms. The molecule has 6 heteroatoms. The number of aromatic nitrogens is 1. The fraction of sp³-hybridized carbons (Fsp3) is 0.158. The Morgan fingerprint density at radius 3 is 2.52 bits per heavy atom. The Hall–Kier alpha value is -2.18. The number of rotatable bonds is 6. The summed E-state index contributed by atoms with van der Waals surface area (Å²) in [6, 6.07) is 15.0. The van der Waals surface area contributed by atoms with Crippen molar-refractivity contribution in [1.29, 1.82) is 0 Å². The van der Waals surface area contributed by atoms with Gasteiger partial charge in [-0.25, -0.2) is 9.78 Å². The molecule has 1 aromatic heterocycles. The normalized spacial score (nSPS) is 11.9. The molecule has 2 N–H and O–H groups in total. The number of carboxylic acids is 1. The lowest BCUT2D eigenvalue weighted by atomic mass is 10.1. The Labute approximate surface area is 158 Å². The number of carbonyl (C=O) groups is 1. The van der Waals surface area contributed by atoms with Crippen molar-refractivity contribution in [2.24, 2.45) is 0 Å². The molecule has 0 radical (unpaired) electrons. The second-order valence-electron chi connectivity index (χ2n) is 5.77. The van der Waals surface area contributed by atoms with Gasteiger partial charge in [0.2, 0.25) is 0 Å². The predicted octanol–water partition coefficient (Wildman–Crippen LogP) is 4.99. The summed E-state index contributed by atoms with van der Waals surface area (Å²) >= 11 is 4.80. The van der Waals surface area contributed by atoms with Gasteiger partial charge < -0.3 is 10.4 Å². The van der Waals surface area contributed by atoms with Crippen LogP contribution in [0.1, 0.15) is 11.1 Å². The Morgan fingerprint density at radius 1 is 1.20 bits per heavy atom. The second-order valence-corrected chi connectivity index (χ2v) is 7.54. The Bertz CT molecular complexity index is 860. The van der Waals surface area contributed by atoms with E-state index in [4.69, 9.17) is 0 Å². The van der Waals surface area contributed by atoms with Crippen LogP contribution < -0.4 is 5.32 Å². The number of hydrogen-bond acceptors (Lipinski definition) is 4. The van der Waals surface area contributed by atoms with Crippen molar-refractivity contribution in [3.05, 3.63) is 69.5 Å². The first kappa shape index (κ1) is 17.6. The van der Waals surface area contributed by atoms with E-state index in [0.717, 1.165) is 21.3 Å². The number of aryl methyl sites for hydroxylation is 1. The predicted molar refractivity (Wildman–Crippen MR) is 105 cm³/mol. The van der Waals surface area contributed by atoms with Crippen LogP contribution in [-0.4, -0.2) is 22.1 Å². The maximum Gasteiger partial charge on any atom is 0.326 e. The van der Waals surface area contributed by atoms with Crippen molar-refractivity contribution >= 4 is 38.4 Å². The number of carboxylic acid groups (broad SMARTS) is 1. The average Bonchev–Trinajstić information content (AvgIpc) is 3.05. The number of benzene rings is 2. The van der Waals surface area contributed by atoms with E-state index in [1.807, 2.05) is 60.8 Å². The molecule has 0 spiro atoms. The van der Waals surface area contributed by atoms with Crippen molar-refractivity contribution < 1.29 is 9.90 Å². The van der Waals surface area contributed by atoms with Crippen molar-refractivity contribution in [3.8, 4) is 11.3 Å². The molecule has 2 aromatic carbocycles. The SMILES string of the molecule is Cc1ccc(-c2csc(NC(Cc3ccc(Br)cc3)C(=O)O)n2)cc1. The van der Waals surface area contributed by atoms with Crippen molar-refractivity contribution in [1.82, 2.24) is 4.98 Å². The number of aliphatic carboxylic acids is 1. The minimum absolute atomic E-state index is 0.391. The van der Waals surface area contributed by atoms with Crippen LogP contribution in [0, 0.1) is 6.92 Å². The third-order valence-electron chi connectivity index (χ3n) is 3.80. The van der Waals surface area contributed by atoms with Crippen LogP contribution in [0.2, 0.25) is 0 Å². The van der Waals surface area contributed by atoms with Gasteiger partial charge in [0.25, 0.3) is 0 Å². The first-order valence-electron chi connectivity index (χ1n) is 7.77. The lowest BCUT2D eigenvalue weighted by Gasteiger charge is -2.13. The zero-order valence-electron chi connectivity index (χ0n) is 13.6. The summed E-state index contributed by atoms with van der Waals surface area (Å²) < 4.78 is 0.971. The number of nitrogens with one attached hydrogen (secondary N) is 1. The number of hydrogen-bond donors (Lipinski definition) is 2. The van der Waals surface area contributed by atoms with Gasteiger partial charge in [0.05, 0.1) is 5.69 Å². The molecule has 128 valence electrons. The molecular formula is C19H17BrN2O2S. The van der Waals surface area contributed by atoms with E-state index in [1.54, 1.807) is 0 Å². The summed E-state index contributed by atoms with van der Waals surface area (Å²) in [5.74, 6) is -0.894. The molecule has 0 saturated heterocycles. The van der Waals surface area contributed by atoms with Gasteiger partial charge in [-0.15, -0.1) is 11.3 Å². The minimum atomic E-state index is -0.894. The minimum Gasteiger partial charge on any atom is -0.480 e. The standard InChI is InChI=1S/C19H17BrN2O2S/c1-12-2-6-14(7-3-12)17-11-25-19(22-17)21-16(18(23)24)10-13-4-8-15(20)9-5-13/h2-9,11,16H,10H2,1H3,(H,21,22)(H,23,24). The Balaban J connectivity index is 1.73. The largest absolute Gasteiger partial charge is 0.480 e. The van der Waals surface area contributed by atoms with Gasteiger partial charge in [-0.1, -0.05) is 57.9 Å². The molecule has 4 nitrogen and oxygen atoms in total. The smallest absolute Gasteiger partial charge is 0.326 e. The van der Waals surface area contributed by atoms with E-state index in [0.29, 0.717) is 11.6 Å². The number of thiazole rings is 1. The molecule has 3 rings (SSSR count). The van der Waals surface area contributed by atoms with Gasteiger partial charge in [-0.2, -0.15) is 0 Å². The zero-order chi connectivity index (χ0) is 17.8. The monoisotopic (exact) mass is 416 g/mol. The third kappa shape index (κ3) is 4.67. The van der Waals surface area contributed by atoms with E-state index in [-0.39, 0.29) is 0 Å². The van der Waals surface area contributed by atoms with E-state index in [2.05, 4.69) is 26.2 Å². The van der Waals surface area contributed by atoms with Crippen LogP contribution in [0.4, 0.5) is 5.13 Å². The summed E-state index contributed by atoms with van der Waals surface area (Å²) in [7, 11) is 0. The highest BCUT2D eigenvalue weighted by Crippen LogP contribution is 2.26. The fourth-order valence-electron chi connectivity index (χ4n) is 2.40. The molecular weight excluding hydrogens is 400 g/mol. The van der Waals surface area contributed by atoms with Crippen LogP contribution >= 0.6 is 27.3 Å². The molecule has 1 atom stereocenters. The topological polar surface area (TPSA) is 62.2 Å². The van der Waals surface area contributed by atoms with Crippen LogP contribution in [0.15, 0.2) is 58.4 Å². The average molecular weight is 417 g/mol. The van der Waals surface area contributed by atoms with Crippen LogP contribution in [-0.2, 0) is 11.2 Å². The molecule has 3 aromatic rings. The molecule has 0 fully saturated rings. The van der Waals surface area contributed by atoms with Gasteiger partial charge in [0.1, 0.15) is 6.04 Å². The van der Waals surface area contributed by atoms with Gasteiger partial charge in [-0.3, -0.25) is 0 Å². The van der Waals surface area contributed by atoms with Gasteiger partial charge >= 0.3 is 5.97 Å². The van der Waals surface area contributed by atoms with Crippen LogP contribution in [0.3, 0.4) is 0 Å². The number of halogens is 1. The summed E-state index contributed by atoms with van der Waals surface area (Å²) in [6.45, 7) is 2.04. The third-order valence-corrected chi connectivity index (χ3v) is 5.10. The summed E-state index contributed by atoms with van der Waals surface area (Å²) in [4.78, 5) is 16.1. The van der Waals surface area contributed by atoms with Crippen LogP contribution in [0.5, 0.6) is 0 Å². The maximum absolute atomic E-state index is 11.6. The van der Waals surface area contributed by atoms with E-state index in [9.17, 15) is 9.90 Å². The zero-order valence-corrected chi connectivity index (χ0v) is 16.0. The number of nitrogens with zero attached hydrogens (tertiary/aromatic N) is 1. The summed E-state index contributed by atoms with van der Waals surface area (Å²) in [6.07, 6.45) is 0.391. The maximum atomic E-state index is 11.6. The summed E-state index contributed by atoms with van der Waals surface area (Å²) in [5, 5.41) is 15.1. The van der Waals surface area contributed by atoms with Gasteiger partial charge in [-0.05, 0) is 24.6 Å². The van der Waals surface area contributed by atoms with E-state index in [1.165, 1.54) is 16.9 Å². The van der Waals surface area contributed by atoms with E-state index >= 15 is 0 Å². The molecule has 0 aliphatic carbocycles. The Morgan fingerprint density at radius 2 is 1.88 bits per heavy atom. The molecule has 0 bridgehead atoms. The van der Waals surface area contributed by atoms with Crippen molar-refractivity contribution in [2.75, 3.05) is 5.32 Å². The molecule has 0 aliphatic heterocycles. The molecule has 0 saturated carbocycles. The van der Waals surface area contributed by atoms with Crippen molar-refractivity contribution in [2.45, 2.75) is 19.4 Å². The lowest BCUT2D eigenvalue weighted by Crippen LogP contribution is -2.31. The fourth-order valence-corrected chi connectivity index (χ4v) is 3.44. The highest BCUT2D eigenvalue weighted by Gasteiger charge is 2.19. The van der Waals surface area contributed by atoms with Crippen molar-refractivity contribution in [3.63, 3.8) is 0 Å². The second kappa shape index (κ2) is 7.80.